The largest absolute Gasteiger partial charge is 0 e. The molecule has 111 valence electrons. The van der Waals surface area contributed by atoms with Crippen molar-refractivity contribution in [1.82, 2.24) is 0 Å². The summed E-state index contributed by atoms with van der Waals surface area (Å²) in [6.45, 7) is 13.5. The SMILES string of the molecule is COC1=CC=C(O[B-](F)(F)F)C[CH]1.[C-]#[O+].[C-]#[O+].[C-]#[O+].[Fe]. The third kappa shape index (κ3) is 16.7. The van der Waals surface area contributed by atoms with Gasteiger partial charge in [-0.2, -0.15) is 0 Å². The first kappa shape index (κ1) is 27.1. The fourth-order valence-electron chi connectivity index (χ4n) is 0.923. The normalized spacial score (nSPS) is 11.7. The Morgan fingerprint density at radius 3 is 1.75 bits per heavy atom. The molecule has 1 aliphatic carbocycles. The van der Waals surface area contributed by atoms with Crippen molar-refractivity contribution in [2.45, 2.75) is 6.42 Å². The molecule has 0 saturated heterocycles. The minimum absolute atomic E-state index is 0. The Balaban J connectivity index is -0.000000162. The molecule has 0 aromatic rings. The molecule has 0 atom stereocenters. The summed E-state index contributed by atoms with van der Waals surface area (Å²) in [6, 6.07) is 0. The molecule has 0 spiro atoms. The van der Waals surface area contributed by atoms with Gasteiger partial charge in [0.05, 0.1) is 18.6 Å². The van der Waals surface area contributed by atoms with Crippen molar-refractivity contribution in [2.75, 3.05) is 7.11 Å². The molecule has 1 rings (SSSR count). The van der Waals surface area contributed by atoms with E-state index in [0.29, 0.717) is 5.76 Å². The van der Waals surface area contributed by atoms with Crippen LogP contribution in [0.15, 0.2) is 23.7 Å². The molecule has 0 fully saturated rings. The van der Waals surface area contributed by atoms with E-state index in [1.807, 2.05) is 0 Å². The average molecular weight is 332 g/mol. The van der Waals surface area contributed by atoms with E-state index in [9.17, 15) is 12.9 Å². The van der Waals surface area contributed by atoms with Gasteiger partial charge in [0.15, 0.2) is 0 Å². The zero-order valence-corrected chi connectivity index (χ0v) is 11.1. The zero-order chi connectivity index (χ0) is 15.9. The third-order valence-corrected chi connectivity index (χ3v) is 1.46. The van der Waals surface area contributed by atoms with Gasteiger partial charge in [-0.3, -0.25) is 0 Å². The van der Waals surface area contributed by atoms with E-state index >= 15 is 0 Å². The van der Waals surface area contributed by atoms with Gasteiger partial charge in [-0.25, -0.2) is 0 Å². The monoisotopic (exact) mass is 332 g/mol. The van der Waals surface area contributed by atoms with E-state index in [1.54, 1.807) is 0 Å². The summed E-state index contributed by atoms with van der Waals surface area (Å²) in [5, 5.41) is 0. The molecule has 10 heteroatoms. The fourth-order valence-corrected chi connectivity index (χ4v) is 0.923. The summed E-state index contributed by atoms with van der Waals surface area (Å²) in [4.78, 5) is 0. The van der Waals surface area contributed by atoms with Crippen LogP contribution in [0.1, 0.15) is 6.42 Å². The molecular weight excluding hydrogens is 324 g/mol. The van der Waals surface area contributed by atoms with Gasteiger partial charge in [-0.1, -0.05) is 0 Å². The second kappa shape index (κ2) is 17.7. The van der Waals surface area contributed by atoms with Crippen molar-refractivity contribution in [3.05, 3.63) is 50.0 Å². The molecule has 0 N–H and O–H groups in total. The minimum Gasteiger partial charge on any atom is 0 e. The number of halogens is 3. The average Bonchev–Trinajstić information content (AvgIpc) is 2.44. The molecule has 0 unspecified atom stereocenters. The van der Waals surface area contributed by atoms with Crippen LogP contribution in [0.5, 0.6) is 0 Å². The summed E-state index contributed by atoms with van der Waals surface area (Å²) < 4.78 is 66.3. The summed E-state index contributed by atoms with van der Waals surface area (Å²) in [6.07, 6.45) is 4.33. The van der Waals surface area contributed by atoms with Crippen LogP contribution in [0.2, 0.25) is 0 Å². The van der Waals surface area contributed by atoms with Crippen molar-refractivity contribution in [1.29, 1.82) is 0 Å². The van der Waals surface area contributed by atoms with Gasteiger partial charge in [0, 0.05) is 29.9 Å². The molecule has 0 aromatic heterocycles. The van der Waals surface area contributed by atoms with E-state index in [-0.39, 0.29) is 29.2 Å². The molecule has 0 bridgehead atoms. The van der Waals surface area contributed by atoms with Crippen molar-refractivity contribution < 1.29 is 53.4 Å². The van der Waals surface area contributed by atoms with Gasteiger partial charge >= 0.3 is 41.1 Å². The molecule has 0 saturated carbocycles. The second-order valence-corrected chi connectivity index (χ2v) is 2.45. The number of hydrogen-bond donors (Lipinski definition) is 0. The predicted octanol–water partition coefficient (Wildman–Crippen LogP) is 2.25. The van der Waals surface area contributed by atoms with E-state index in [0.717, 1.165) is 0 Å². The smallest absolute Gasteiger partial charge is 0 e. The Hall–Kier alpha value is -1.33. The van der Waals surface area contributed by atoms with Gasteiger partial charge in [-0.05, 0) is 12.2 Å². The topological polar surface area (TPSA) is 78.2 Å². The van der Waals surface area contributed by atoms with Crippen LogP contribution in [0.25, 0.3) is 0 Å². The Morgan fingerprint density at radius 1 is 1.05 bits per heavy atom. The summed E-state index contributed by atoms with van der Waals surface area (Å²) in [7, 11) is -3.75. The molecular formula is C10H8BF3FeO5-. The number of rotatable bonds is 3. The van der Waals surface area contributed by atoms with Crippen LogP contribution in [0.4, 0.5) is 12.9 Å². The maximum Gasteiger partial charge on any atom is 0 e. The Labute approximate surface area is 124 Å². The minimum atomic E-state index is -5.21. The molecule has 5 nitrogen and oxygen atoms in total. The predicted molar refractivity (Wildman–Crippen MR) is 54.0 cm³/mol. The first-order valence-corrected chi connectivity index (χ1v) is 4.28. The molecule has 0 aliphatic heterocycles. The van der Waals surface area contributed by atoms with E-state index in [2.05, 4.69) is 24.6 Å². The van der Waals surface area contributed by atoms with Crippen LogP contribution in [-0.2, 0) is 40.4 Å². The number of hydrogen-bond acceptors (Lipinski definition) is 2. The van der Waals surface area contributed by atoms with Crippen molar-refractivity contribution in [3.63, 3.8) is 0 Å². The Kier molecular flexibility index (Phi) is 23.9. The van der Waals surface area contributed by atoms with Crippen LogP contribution in [0.3, 0.4) is 0 Å². The summed E-state index contributed by atoms with van der Waals surface area (Å²) in [5.74, 6) is 0.440. The zero-order valence-electron chi connectivity index (χ0n) is 10.0. The first-order chi connectivity index (χ1) is 9.01. The van der Waals surface area contributed by atoms with E-state index < -0.39 is 7.18 Å². The molecule has 0 heterocycles. The number of allylic oxidation sites excluding steroid dienone is 4. The summed E-state index contributed by atoms with van der Waals surface area (Å²) in [5.41, 5.74) is 0. The molecule has 0 aromatic carbocycles. The Morgan fingerprint density at radius 2 is 1.50 bits per heavy atom. The number of ether oxygens (including phenoxy) is 1. The van der Waals surface area contributed by atoms with Gasteiger partial charge < -0.3 is 22.3 Å². The maximum atomic E-state index is 11.8. The maximum absolute atomic E-state index is 11.8. The molecule has 1 radical (unpaired) electrons. The standard InChI is InChI=1S/C7H8BF3O2.3CO.Fe/c1-12-6-2-4-7(5-3-6)13-8(9,10)11;3*1-2;/h2-4H,5H2,1H3;;;;/q-1;;;;. The molecule has 0 amide bonds. The van der Waals surface area contributed by atoms with Gasteiger partial charge in [0.25, 0.3) is 0 Å². The number of methoxy groups -OCH3 is 1. The van der Waals surface area contributed by atoms with Gasteiger partial charge in [0.1, 0.15) is 0 Å². The molecule has 1 aliphatic rings. The summed E-state index contributed by atoms with van der Waals surface area (Å²) >= 11 is 0. The van der Waals surface area contributed by atoms with Gasteiger partial charge in [0.2, 0.25) is 0 Å². The second-order valence-electron chi connectivity index (χ2n) is 2.45. The quantitative estimate of drug-likeness (QED) is 0.451. The van der Waals surface area contributed by atoms with Crippen molar-refractivity contribution >= 4 is 7.18 Å². The van der Waals surface area contributed by atoms with Crippen LogP contribution in [0, 0.1) is 26.4 Å². The van der Waals surface area contributed by atoms with Gasteiger partial charge in [-0.15, -0.1) is 0 Å². The van der Waals surface area contributed by atoms with Crippen molar-refractivity contribution in [2.24, 2.45) is 0 Å². The van der Waals surface area contributed by atoms with E-state index in [4.69, 9.17) is 18.7 Å². The van der Waals surface area contributed by atoms with Crippen LogP contribution in [-0.4, -0.2) is 14.3 Å². The Bertz CT molecular complexity index is 346. The van der Waals surface area contributed by atoms with Crippen LogP contribution >= 0.6 is 0 Å². The fraction of sp³-hybridized carbons (Fsp3) is 0.200. The first-order valence-electron chi connectivity index (χ1n) is 4.28. The molecule has 20 heavy (non-hydrogen) atoms. The van der Waals surface area contributed by atoms with E-state index in [1.165, 1.54) is 25.7 Å². The van der Waals surface area contributed by atoms with Crippen LogP contribution < -0.4 is 0 Å². The third-order valence-electron chi connectivity index (χ3n) is 1.46. The van der Waals surface area contributed by atoms with Crippen molar-refractivity contribution in [3.8, 4) is 0 Å².